The van der Waals surface area contributed by atoms with Gasteiger partial charge in [0.25, 0.3) is 0 Å². The van der Waals surface area contributed by atoms with E-state index in [1.54, 1.807) is 0 Å². The molecule has 3 heterocycles. The fourth-order valence-corrected chi connectivity index (χ4v) is 8.18. The predicted molar refractivity (Wildman–Crippen MR) is 183 cm³/mol. The molecule has 0 amide bonds. The van der Waals surface area contributed by atoms with Crippen LogP contribution < -0.4 is 0 Å². The van der Waals surface area contributed by atoms with Crippen LogP contribution in [0.2, 0.25) is 0 Å². The van der Waals surface area contributed by atoms with Crippen molar-refractivity contribution < 1.29 is 8.78 Å². The summed E-state index contributed by atoms with van der Waals surface area (Å²) in [5.74, 6) is 0.109. The number of aromatic nitrogens is 3. The summed E-state index contributed by atoms with van der Waals surface area (Å²) in [6.07, 6.45) is 0. The Morgan fingerprint density at radius 2 is 1.21 bits per heavy atom. The van der Waals surface area contributed by atoms with Gasteiger partial charge in [-0.15, -0.1) is 0 Å². The maximum Gasteiger partial charge on any atom is 0.138 e. The van der Waals surface area contributed by atoms with E-state index in [0.717, 1.165) is 78.1 Å². The molecule has 0 unspecified atom stereocenters. The van der Waals surface area contributed by atoms with E-state index in [9.17, 15) is 8.78 Å². The second-order valence-electron chi connectivity index (χ2n) is 12.5. The first-order valence-electron chi connectivity index (χ1n) is 15.7. The van der Waals surface area contributed by atoms with Gasteiger partial charge in [-0.05, 0) is 94.9 Å². The number of rotatable bonds is 2. The van der Waals surface area contributed by atoms with Crippen LogP contribution in [0.4, 0.5) is 8.78 Å². The molecule has 5 heteroatoms. The minimum absolute atomic E-state index is 0.345. The van der Waals surface area contributed by atoms with E-state index in [1.807, 2.05) is 49.4 Å². The molecule has 0 saturated carbocycles. The van der Waals surface area contributed by atoms with Gasteiger partial charge < -0.3 is 0 Å². The van der Waals surface area contributed by atoms with Gasteiger partial charge in [-0.25, -0.2) is 13.8 Å². The lowest BCUT2D eigenvalue weighted by Crippen LogP contribution is -2.26. The summed E-state index contributed by atoms with van der Waals surface area (Å²) in [7, 11) is 0. The first kappa shape index (κ1) is 26.3. The lowest BCUT2D eigenvalue weighted by atomic mass is 9.71. The van der Waals surface area contributed by atoms with Crippen LogP contribution in [0, 0.1) is 18.6 Å². The molecule has 0 radical (unpaired) electrons. The van der Waals surface area contributed by atoms with Gasteiger partial charge >= 0.3 is 0 Å². The topological polar surface area (TPSA) is 30.7 Å². The van der Waals surface area contributed by atoms with E-state index in [0.29, 0.717) is 11.1 Å². The number of hydrogen-bond donors (Lipinski definition) is 0. The number of para-hydroxylation sites is 1. The molecule has 3 aromatic heterocycles. The first-order valence-corrected chi connectivity index (χ1v) is 15.7. The van der Waals surface area contributed by atoms with Gasteiger partial charge in [0, 0.05) is 27.6 Å². The fraction of sp³-hybridized carbons (Fsp3) is 0.0476. The second-order valence-corrected chi connectivity index (χ2v) is 12.5. The standard InChI is InChI=1S/C42H25F2N3/c1-24-7-6-11-37(45-24)25-13-16-29-28-8-3-5-12-38(28)47(39(29)21-25)40-20-19-36-41(46-40)30-9-2-4-10-33(30)42(36)34-17-14-26(43)22-31(34)32-23-27(44)15-18-35(32)42/h2-23H,1H3. The third-order valence-electron chi connectivity index (χ3n) is 10.0. The SMILES string of the molecule is Cc1cccc(-c2ccc3c4ccccc4n(-c4ccc5c(n4)-c4ccccc4C54c5ccc(F)cc5-c5cc(F)ccc54)c3c2)n1. The van der Waals surface area contributed by atoms with Gasteiger partial charge in [-0.2, -0.15) is 0 Å². The fourth-order valence-electron chi connectivity index (χ4n) is 8.18. The average Bonchev–Trinajstić information content (AvgIpc) is 3.68. The van der Waals surface area contributed by atoms with Crippen molar-refractivity contribution >= 4 is 21.8 Å². The molecule has 0 atom stereocenters. The Morgan fingerprint density at radius 3 is 2.00 bits per heavy atom. The van der Waals surface area contributed by atoms with E-state index >= 15 is 0 Å². The highest BCUT2D eigenvalue weighted by molar-refractivity contribution is 6.10. The van der Waals surface area contributed by atoms with Crippen LogP contribution in [0.3, 0.4) is 0 Å². The number of nitrogens with zero attached hydrogens (tertiary/aromatic N) is 3. The van der Waals surface area contributed by atoms with E-state index < -0.39 is 5.41 Å². The van der Waals surface area contributed by atoms with Crippen LogP contribution >= 0.6 is 0 Å². The molecule has 3 nitrogen and oxygen atoms in total. The van der Waals surface area contributed by atoms with Crippen molar-refractivity contribution in [2.24, 2.45) is 0 Å². The lowest BCUT2D eigenvalue weighted by Gasteiger charge is -2.30. The number of aryl methyl sites for hydroxylation is 1. The van der Waals surface area contributed by atoms with Crippen molar-refractivity contribution in [2.75, 3.05) is 0 Å². The number of pyridine rings is 2. The average molecular weight is 610 g/mol. The second kappa shape index (κ2) is 9.30. The van der Waals surface area contributed by atoms with Crippen molar-refractivity contribution in [2.45, 2.75) is 12.3 Å². The molecule has 0 N–H and O–H groups in total. The minimum atomic E-state index is -0.742. The van der Waals surface area contributed by atoms with Crippen molar-refractivity contribution in [3.8, 4) is 39.5 Å². The molecule has 10 rings (SSSR count). The summed E-state index contributed by atoms with van der Waals surface area (Å²) in [6, 6.07) is 43.4. The number of halogens is 2. The molecule has 0 bridgehead atoms. The summed E-state index contributed by atoms with van der Waals surface area (Å²) in [6.45, 7) is 2.01. The Morgan fingerprint density at radius 1 is 0.532 bits per heavy atom. The van der Waals surface area contributed by atoms with Gasteiger partial charge in [0.15, 0.2) is 0 Å². The summed E-state index contributed by atoms with van der Waals surface area (Å²) < 4.78 is 31.7. The molecule has 222 valence electrons. The third-order valence-corrected chi connectivity index (χ3v) is 10.0. The highest BCUT2D eigenvalue weighted by Gasteiger charge is 2.52. The molecule has 0 aliphatic heterocycles. The zero-order valence-corrected chi connectivity index (χ0v) is 25.3. The Bertz CT molecular complexity index is 2580. The number of hydrogen-bond acceptors (Lipinski definition) is 2. The molecule has 8 aromatic rings. The van der Waals surface area contributed by atoms with Crippen molar-refractivity contribution in [1.29, 1.82) is 0 Å². The van der Waals surface area contributed by atoms with Gasteiger partial charge in [0.05, 0.1) is 27.8 Å². The van der Waals surface area contributed by atoms with Crippen LogP contribution in [-0.4, -0.2) is 14.5 Å². The third kappa shape index (κ3) is 3.43. The van der Waals surface area contributed by atoms with Crippen molar-refractivity contribution in [3.63, 3.8) is 0 Å². The molecule has 47 heavy (non-hydrogen) atoms. The highest BCUT2D eigenvalue weighted by atomic mass is 19.1. The molecular formula is C42H25F2N3. The largest absolute Gasteiger partial charge is 0.294 e. The van der Waals surface area contributed by atoms with E-state index in [1.165, 1.54) is 24.3 Å². The molecule has 0 saturated heterocycles. The Hall–Kier alpha value is -5.94. The smallest absolute Gasteiger partial charge is 0.138 e. The highest BCUT2D eigenvalue weighted by Crippen LogP contribution is 2.62. The lowest BCUT2D eigenvalue weighted by molar-refractivity contribution is 0.626. The minimum Gasteiger partial charge on any atom is -0.294 e. The van der Waals surface area contributed by atoms with Crippen LogP contribution in [-0.2, 0) is 5.41 Å². The Kier molecular flexibility index (Phi) is 5.20. The molecule has 2 aliphatic carbocycles. The maximum absolute atomic E-state index is 14.7. The number of fused-ring (bicyclic) bond motifs is 13. The zero-order valence-electron chi connectivity index (χ0n) is 25.3. The van der Waals surface area contributed by atoms with Crippen LogP contribution in [0.1, 0.15) is 27.9 Å². The van der Waals surface area contributed by atoms with E-state index in [4.69, 9.17) is 9.97 Å². The van der Waals surface area contributed by atoms with E-state index in [-0.39, 0.29) is 11.6 Å². The molecule has 1 spiro atoms. The molecular weight excluding hydrogens is 584 g/mol. The van der Waals surface area contributed by atoms with Crippen molar-refractivity contribution in [3.05, 3.63) is 173 Å². The first-order chi connectivity index (χ1) is 23.0. The molecule has 5 aromatic carbocycles. The van der Waals surface area contributed by atoms with Gasteiger partial charge in [-0.3, -0.25) is 9.55 Å². The quantitative estimate of drug-likeness (QED) is 0.195. The van der Waals surface area contributed by atoms with Crippen LogP contribution in [0.15, 0.2) is 133 Å². The van der Waals surface area contributed by atoms with E-state index in [2.05, 4.69) is 71.3 Å². The van der Waals surface area contributed by atoms with Gasteiger partial charge in [-0.1, -0.05) is 78.9 Å². The Balaban J connectivity index is 1.27. The summed E-state index contributed by atoms with van der Waals surface area (Å²) in [5.41, 5.74) is 11.6. The van der Waals surface area contributed by atoms with Crippen LogP contribution in [0.25, 0.3) is 61.3 Å². The van der Waals surface area contributed by atoms with Gasteiger partial charge in [0.2, 0.25) is 0 Å². The Labute approximate surface area is 269 Å². The maximum atomic E-state index is 14.7. The summed E-state index contributed by atoms with van der Waals surface area (Å²) in [4.78, 5) is 10.2. The van der Waals surface area contributed by atoms with Gasteiger partial charge in [0.1, 0.15) is 17.5 Å². The van der Waals surface area contributed by atoms with Crippen LogP contribution in [0.5, 0.6) is 0 Å². The molecule has 2 aliphatic rings. The zero-order chi connectivity index (χ0) is 31.4. The normalized spacial score (nSPS) is 13.6. The van der Waals surface area contributed by atoms with Crippen molar-refractivity contribution in [1.82, 2.24) is 14.5 Å². The number of benzene rings is 5. The molecule has 0 fully saturated rings. The summed E-state index contributed by atoms with van der Waals surface area (Å²) in [5, 5.41) is 2.28. The monoisotopic (exact) mass is 609 g/mol. The predicted octanol–water partition coefficient (Wildman–Crippen LogP) is 10.2. The summed E-state index contributed by atoms with van der Waals surface area (Å²) >= 11 is 0.